The van der Waals surface area contributed by atoms with Crippen molar-refractivity contribution in [2.45, 2.75) is 102 Å². The van der Waals surface area contributed by atoms with Crippen LogP contribution in [0.15, 0.2) is 48.2 Å². The van der Waals surface area contributed by atoms with Crippen LogP contribution in [-0.4, -0.2) is 70.2 Å². The van der Waals surface area contributed by atoms with Crippen molar-refractivity contribution in [1.82, 2.24) is 4.72 Å². The minimum Gasteiger partial charge on any atom is -0.490 e. The maximum Gasteiger partial charge on any atom is 0.524 e. The number of carbonyl (C=O) groups is 1. The van der Waals surface area contributed by atoms with Crippen molar-refractivity contribution < 1.29 is 37.0 Å². The first kappa shape index (κ1) is 36.2. The number of anilines is 1. The number of nitrogens with two attached hydrogens (primary N) is 1. The van der Waals surface area contributed by atoms with E-state index in [-0.39, 0.29) is 17.4 Å². The Morgan fingerprint density at radius 2 is 1.88 bits per heavy atom. The smallest absolute Gasteiger partial charge is 0.490 e. The highest BCUT2D eigenvalue weighted by atomic mass is 35.5. The molecule has 49 heavy (non-hydrogen) atoms. The summed E-state index contributed by atoms with van der Waals surface area (Å²) < 4.78 is 62.2. The third-order valence-corrected chi connectivity index (χ3v) is 13.6. The summed E-state index contributed by atoms with van der Waals surface area (Å²) in [5.41, 5.74) is 1.30. The molecule has 3 N–H and O–H groups in total. The van der Waals surface area contributed by atoms with Gasteiger partial charge in [0, 0.05) is 22.5 Å². The molecule has 1 unspecified atom stereocenters. The Morgan fingerprint density at radius 1 is 1.16 bits per heavy atom. The highest BCUT2D eigenvalue weighted by Crippen LogP contribution is 2.45. The van der Waals surface area contributed by atoms with Crippen molar-refractivity contribution in [2.75, 3.05) is 31.1 Å². The average molecular weight is 717 g/mol. The first-order valence-corrected chi connectivity index (χ1v) is 19.3. The van der Waals surface area contributed by atoms with Crippen LogP contribution < -0.4 is 19.7 Å². The van der Waals surface area contributed by atoms with Gasteiger partial charge >= 0.3 is 7.12 Å². The Labute approximate surface area is 295 Å². The lowest BCUT2D eigenvalue weighted by atomic mass is 9.70. The van der Waals surface area contributed by atoms with Crippen LogP contribution in [0.2, 0.25) is 5.02 Å². The van der Waals surface area contributed by atoms with Gasteiger partial charge in [0.2, 0.25) is 10.0 Å². The van der Waals surface area contributed by atoms with Gasteiger partial charge in [-0.25, -0.2) is 17.5 Å². The molecule has 1 aliphatic carbocycles. The number of quaternary nitrogens is 1. The van der Waals surface area contributed by atoms with E-state index in [1.807, 2.05) is 33.8 Å². The molecule has 0 radical (unpaired) electrons. The zero-order chi connectivity index (χ0) is 35.4. The molecule has 4 aliphatic rings. The maximum atomic E-state index is 15.0. The number of nitrogens with zero attached hydrogens (tertiary/aromatic N) is 1. The van der Waals surface area contributed by atoms with E-state index in [1.165, 1.54) is 24.1 Å². The number of aryl methyl sites for hydroxylation is 1. The number of allylic oxidation sites excluding steroid dienone is 1. The third kappa shape index (κ3) is 7.26. The van der Waals surface area contributed by atoms with Crippen molar-refractivity contribution in [3.05, 3.63) is 69.9 Å². The predicted molar refractivity (Wildman–Crippen MR) is 190 cm³/mol. The van der Waals surface area contributed by atoms with E-state index in [0.29, 0.717) is 24.9 Å². The normalized spacial score (nSPS) is 25.8. The molecule has 1 spiro atoms. The predicted octanol–water partition coefficient (Wildman–Crippen LogP) is 5.11. The lowest BCUT2D eigenvalue weighted by Gasteiger charge is -2.41. The van der Waals surface area contributed by atoms with Gasteiger partial charge in [0.25, 0.3) is 5.91 Å². The van der Waals surface area contributed by atoms with Gasteiger partial charge in [0.15, 0.2) is 0 Å². The second-order valence-corrected chi connectivity index (χ2v) is 17.9. The second-order valence-electron chi connectivity index (χ2n) is 15.4. The Hall–Kier alpha value is -2.64. The zero-order valence-electron chi connectivity index (χ0n) is 29.4. The van der Waals surface area contributed by atoms with Crippen molar-refractivity contribution >= 4 is 40.3 Å². The molecular formula is C36H49BClFN3O6S+. The molecule has 6 rings (SSSR count). The molecule has 0 saturated carbocycles. The molecule has 4 atom stereocenters. The fourth-order valence-electron chi connectivity index (χ4n) is 7.24. The van der Waals surface area contributed by atoms with E-state index in [0.717, 1.165) is 49.5 Å². The summed E-state index contributed by atoms with van der Waals surface area (Å²) in [5.74, 6) is -0.542. The number of nitrogens with one attached hydrogen (secondary N) is 1. The highest BCUT2D eigenvalue weighted by Gasteiger charge is 2.53. The van der Waals surface area contributed by atoms with Crippen LogP contribution in [0.3, 0.4) is 0 Å². The van der Waals surface area contributed by atoms with Gasteiger partial charge in [0.1, 0.15) is 17.5 Å². The molecule has 2 aromatic carbocycles. The Balaban J connectivity index is 1.17. The van der Waals surface area contributed by atoms with E-state index >= 15 is 4.39 Å². The molecule has 2 fully saturated rings. The fraction of sp³-hybridized carbons (Fsp3) is 0.583. The number of hydrogen-bond donors (Lipinski definition) is 2. The summed E-state index contributed by atoms with van der Waals surface area (Å²) in [7, 11) is -5.25. The summed E-state index contributed by atoms with van der Waals surface area (Å²) in [6.45, 7) is 13.7. The van der Waals surface area contributed by atoms with E-state index in [4.69, 9.17) is 25.6 Å². The first-order valence-electron chi connectivity index (χ1n) is 17.4. The van der Waals surface area contributed by atoms with Gasteiger partial charge in [-0.1, -0.05) is 30.7 Å². The zero-order valence-corrected chi connectivity index (χ0v) is 30.9. The van der Waals surface area contributed by atoms with Crippen LogP contribution in [0, 0.1) is 5.92 Å². The topological polar surface area (TPSA) is 111 Å². The van der Waals surface area contributed by atoms with Crippen molar-refractivity contribution in [3.8, 4) is 5.75 Å². The average Bonchev–Trinajstić information content (AvgIpc) is 3.14. The number of rotatable bonds is 9. The lowest BCUT2D eigenvalue weighted by molar-refractivity contribution is -0.740. The third-order valence-electron chi connectivity index (χ3n) is 11.5. The fourth-order valence-corrected chi connectivity index (χ4v) is 8.72. The van der Waals surface area contributed by atoms with Gasteiger partial charge in [-0.05, 0) is 108 Å². The second kappa shape index (κ2) is 13.5. The van der Waals surface area contributed by atoms with Gasteiger partial charge in [-0.3, -0.25) is 4.79 Å². The number of sulfonamides is 1. The standard InChI is InChI=1S/C36H48BClFN3O6S/c1-23(9-14-32(39)37-47-34(3,4)35(5,6)48-37)24(2)49(44,45)41-33(43)26-10-13-31-30(19-26)42(20-28-15-17-40-28)21-36(22-46-31)16-7-8-25-18-27(38)11-12-29(25)36/h10-14,18-19,23-24,28,40H,7-9,15-17,20-22H2,1-6H3,(H,41,43)/p+1/b32-14-/t23-,24+,28?,36-/m0/s1. The van der Waals surface area contributed by atoms with Crippen molar-refractivity contribution in [1.29, 1.82) is 0 Å². The molecule has 1 amide bonds. The molecule has 2 saturated heterocycles. The molecule has 3 heterocycles. The van der Waals surface area contributed by atoms with Gasteiger partial charge in [-0.2, -0.15) is 0 Å². The van der Waals surface area contributed by atoms with E-state index in [2.05, 4.69) is 27.1 Å². The quantitative estimate of drug-likeness (QED) is 0.348. The molecule has 13 heteroatoms. The number of ether oxygens (including phenoxy) is 1. The molecule has 2 aromatic rings. The number of hydrogen-bond acceptors (Lipinski definition) is 7. The van der Waals surface area contributed by atoms with Gasteiger partial charge in [0.05, 0.1) is 48.3 Å². The largest absolute Gasteiger partial charge is 0.524 e. The van der Waals surface area contributed by atoms with Gasteiger partial charge in [-0.15, -0.1) is 0 Å². The van der Waals surface area contributed by atoms with Crippen LogP contribution in [0.25, 0.3) is 0 Å². The van der Waals surface area contributed by atoms with E-state index < -0.39 is 51.1 Å². The van der Waals surface area contributed by atoms with Gasteiger partial charge < -0.3 is 24.3 Å². The lowest BCUT2D eigenvalue weighted by Crippen LogP contribution is -3.00. The van der Waals surface area contributed by atoms with Crippen LogP contribution in [0.1, 0.15) is 88.7 Å². The molecule has 0 bridgehead atoms. The summed E-state index contributed by atoms with van der Waals surface area (Å²) in [5, 5.41) is 2.08. The molecule has 266 valence electrons. The number of halogens is 2. The van der Waals surface area contributed by atoms with Crippen LogP contribution in [-0.2, 0) is 31.2 Å². The monoisotopic (exact) mass is 716 g/mol. The summed E-state index contributed by atoms with van der Waals surface area (Å²) in [6.07, 6.45) is 5.51. The van der Waals surface area contributed by atoms with Crippen LogP contribution in [0.5, 0.6) is 5.75 Å². The molecular weight excluding hydrogens is 668 g/mol. The summed E-state index contributed by atoms with van der Waals surface area (Å²) in [6, 6.07) is 11.7. The Morgan fingerprint density at radius 3 is 2.55 bits per heavy atom. The van der Waals surface area contributed by atoms with Crippen LogP contribution >= 0.6 is 11.6 Å². The SMILES string of the molecule is C[C@H]([C@@H](C)C/C=C(\F)B1OC(C)(C)C(C)(C)O1)S(=O)(=O)NC(=O)c1ccc2c(c1)N(CC1CC[NH2+]1)C[C@@]1(CCCc3cc(Cl)ccc31)CO2. The first-order chi connectivity index (χ1) is 23.0. The minimum atomic E-state index is -4.10. The number of carbonyl (C=O) groups excluding carboxylic acids is 1. The van der Waals surface area contributed by atoms with Crippen molar-refractivity contribution in [3.63, 3.8) is 0 Å². The van der Waals surface area contributed by atoms with Crippen LogP contribution in [0.4, 0.5) is 10.1 Å². The molecule has 3 aliphatic heterocycles. The van der Waals surface area contributed by atoms with Crippen molar-refractivity contribution in [2.24, 2.45) is 5.92 Å². The Kier molecular flexibility index (Phi) is 9.95. The minimum absolute atomic E-state index is 0.118. The van der Waals surface area contributed by atoms with E-state index in [9.17, 15) is 13.2 Å². The highest BCUT2D eigenvalue weighted by molar-refractivity contribution is 7.90. The maximum absolute atomic E-state index is 15.0. The number of amides is 1. The Bertz CT molecular complexity index is 1720. The molecule has 9 nitrogen and oxygen atoms in total. The van der Waals surface area contributed by atoms with E-state index in [1.54, 1.807) is 25.1 Å². The molecule has 0 aromatic heterocycles. The summed E-state index contributed by atoms with van der Waals surface area (Å²) >= 11 is 6.38. The number of fused-ring (bicyclic) bond motifs is 3. The number of benzene rings is 2. The summed E-state index contributed by atoms with van der Waals surface area (Å²) in [4.78, 5) is 15.9.